The van der Waals surface area contributed by atoms with Gasteiger partial charge in [0.15, 0.2) is 0 Å². The number of nitrogen functional groups attached to an aromatic ring is 1. The van der Waals surface area contributed by atoms with E-state index in [2.05, 4.69) is 11.1 Å². The number of aliphatic hydroxyl groups excluding tert-OH is 1. The van der Waals surface area contributed by atoms with Crippen molar-refractivity contribution in [3.8, 4) is 22.9 Å². The average molecular weight is 311 g/mol. The second-order valence-electron chi connectivity index (χ2n) is 6.28. The second-order valence-corrected chi connectivity index (χ2v) is 6.28. The molecule has 0 spiro atoms. The van der Waals surface area contributed by atoms with Crippen molar-refractivity contribution in [3.63, 3.8) is 0 Å². The Kier molecular flexibility index (Phi) is 4.87. The molecule has 2 rings (SSSR count). The molecule has 2 aromatic rings. The van der Waals surface area contributed by atoms with E-state index in [1.807, 2.05) is 45.0 Å². The molecule has 1 aromatic carbocycles. The summed E-state index contributed by atoms with van der Waals surface area (Å²) in [6.45, 7) is 6.31. The molecular formula is C18H21N3O2. The number of hydrogen-bond donors (Lipinski definition) is 2. The number of hydrogen-bond acceptors (Lipinski definition) is 5. The summed E-state index contributed by atoms with van der Waals surface area (Å²) in [6, 6.07) is 11.4. The summed E-state index contributed by atoms with van der Waals surface area (Å²) < 4.78 is 5.44. The molecule has 0 fully saturated rings. The second kappa shape index (κ2) is 6.67. The molecule has 5 heteroatoms. The number of nitrogens with zero attached hydrogens (tertiary/aromatic N) is 2. The van der Waals surface area contributed by atoms with Crippen LogP contribution >= 0.6 is 0 Å². The molecule has 23 heavy (non-hydrogen) atoms. The number of aromatic nitrogens is 1. The van der Waals surface area contributed by atoms with Crippen molar-refractivity contribution in [1.82, 2.24) is 4.98 Å². The van der Waals surface area contributed by atoms with Crippen LogP contribution in [-0.2, 0) is 5.41 Å². The highest BCUT2D eigenvalue weighted by atomic mass is 16.5. The Morgan fingerprint density at radius 2 is 2.04 bits per heavy atom. The van der Waals surface area contributed by atoms with Gasteiger partial charge in [0.25, 0.3) is 0 Å². The molecule has 3 N–H and O–H groups in total. The molecule has 1 heterocycles. The summed E-state index contributed by atoms with van der Waals surface area (Å²) in [6.07, 6.45) is 0. The largest absolute Gasteiger partial charge is 0.491 e. The first-order chi connectivity index (χ1) is 10.9. The summed E-state index contributed by atoms with van der Waals surface area (Å²) in [5.41, 5.74) is 8.56. The van der Waals surface area contributed by atoms with Crippen LogP contribution in [0.25, 0.3) is 11.1 Å². The van der Waals surface area contributed by atoms with Crippen molar-refractivity contribution in [2.45, 2.75) is 26.2 Å². The Bertz CT molecular complexity index is 743. The van der Waals surface area contributed by atoms with E-state index in [1.54, 1.807) is 6.07 Å². The van der Waals surface area contributed by atoms with E-state index < -0.39 is 0 Å². The van der Waals surface area contributed by atoms with E-state index in [1.165, 1.54) is 0 Å². The van der Waals surface area contributed by atoms with Crippen molar-refractivity contribution >= 4 is 5.82 Å². The van der Waals surface area contributed by atoms with Gasteiger partial charge < -0.3 is 15.6 Å². The Labute approximate surface area is 136 Å². The minimum atomic E-state index is -0.179. The van der Waals surface area contributed by atoms with Gasteiger partial charge in [-0.2, -0.15) is 5.26 Å². The predicted molar refractivity (Wildman–Crippen MR) is 90.1 cm³/mol. The van der Waals surface area contributed by atoms with E-state index >= 15 is 0 Å². The number of pyridine rings is 1. The topological polar surface area (TPSA) is 92.2 Å². The molecule has 0 amide bonds. The van der Waals surface area contributed by atoms with Gasteiger partial charge in [-0.25, -0.2) is 4.98 Å². The lowest BCUT2D eigenvalue weighted by molar-refractivity contribution is 0.201. The van der Waals surface area contributed by atoms with E-state index in [0.29, 0.717) is 11.3 Å². The highest BCUT2D eigenvalue weighted by Gasteiger charge is 2.20. The van der Waals surface area contributed by atoms with Crippen LogP contribution < -0.4 is 10.5 Å². The van der Waals surface area contributed by atoms with Crippen LogP contribution in [0, 0.1) is 11.3 Å². The van der Waals surface area contributed by atoms with Crippen LogP contribution in [0.2, 0.25) is 0 Å². The molecular weight excluding hydrogens is 290 g/mol. The standard InChI is InChI=1S/C18H21N3O2/c1-18(2,3)16-10-14(15(11-19)17(20)21-16)12-5-4-6-13(9-12)23-8-7-22/h4-6,9-10,22H,7-8H2,1-3H3,(H2,20,21). The molecule has 0 unspecified atom stereocenters. The number of ether oxygens (including phenoxy) is 1. The maximum atomic E-state index is 9.43. The minimum absolute atomic E-state index is 0.0515. The number of nitrogens with two attached hydrogens (primary N) is 1. The van der Waals surface area contributed by atoms with Crippen molar-refractivity contribution in [1.29, 1.82) is 5.26 Å². The van der Waals surface area contributed by atoms with E-state index in [4.69, 9.17) is 15.6 Å². The van der Waals surface area contributed by atoms with Gasteiger partial charge in [-0.1, -0.05) is 32.9 Å². The van der Waals surface area contributed by atoms with Crippen molar-refractivity contribution in [2.75, 3.05) is 18.9 Å². The minimum Gasteiger partial charge on any atom is -0.491 e. The Hall–Kier alpha value is -2.58. The molecule has 0 bridgehead atoms. The van der Waals surface area contributed by atoms with E-state index in [9.17, 15) is 5.26 Å². The summed E-state index contributed by atoms with van der Waals surface area (Å²) in [5, 5.41) is 18.3. The zero-order valence-electron chi connectivity index (χ0n) is 13.6. The van der Waals surface area contributed by atoms with E-state index in [0.717, 1.165) is 16.8 Å². The zero-order chi connectivity index (χ0) is 17.0. The summed E-state index contributed by atoms with van der Waals surface area (Å²) in [5.74, 6) is 0.865. The molecule has 0 radical (unpaired) electrons. The van der Waals surface area contributed by atoms with Crippen molar-refractivity contribution in [2.24, 2.45) is 0 Å². The van der Waals surface area contributed by atoms with Crippen molar-refractivity contribution in [3.05, 3.63) is 41.6 Å². The molecule has 0 aliphatic rings. The third-order valence-electron chi connectivity index (χ3n) is 3.43. The van der Waals surface area contributed by atoms with Crippen LogP contribution in [-0.4, -0.2) is 23.3 Å². The molecule has 1 aromatic heterocycles. The number of nitriles is 1. The SMILES string of the molecule is CC(C)(C)c1cc(-c2cccc(OCCO)c2)c(C#N)c(N)n1. The van der Waals surface area contributed by atoms with Gasteiger partial charge >= 0.3 is 0 Å². The van der Waals surface area contributed by atoms with Crippen LogP contribution in [0.1, 0.15) is 32.0 Å². The molecule has 0 atom stereocenters. The third-order valence-corrected chi connectivity index (χ3v) is 3.43. The zero-order valence-corrected chi connectivity index (χ0v) is 13.6. The summed E-state index contributed by atoms with van der Waals surface area (Å²) in [4.78, 5) is 4.36. The third kappa shape index (κ3) is 3.79. The van der Waals surface area contributed by atoms with Crippen molar-refractivity contribution < 1.29 is 9.84 Å². The number of anilines is 1. The van der Waals surface area contributed by atoms with Gasteiger partial charge in [0.05, 0.1) is 6.61 Å². The lowest BCUT2D eigenvalue weighted by atomic mass is 9.88. The van der Waals surface area contributed by atoms with Gasteiger partial charge in [0, 0.05) is 16.7 Å². The fraction of sp³-hybridized carbons (Fsp3) is 0.333. The van der Waals surface area contributed by atoms with Gasteiger partial charge in [-0.3, -0.25) is 0 Å². The molecule has 120 valence electrons. The van der Waals surface area contributed by atoms with Gasteiger partial charge in [0.1, 0.15) is 29.8 Å². The Balaban J connectivity index is 2.58. The predicted octanol–water partition coefficient (Wildman–Crippen LogP) is 2.87. The van der Waals surface area contributed by atoms with Crippen LogP contribution in [0.5, 0.6) is 5.75 Å². The highest BCUT2D eigenvalue weighted by Crippen LogP contribution is 2.33. The lowest BCUT2D eigenvalue weighted by Gasteiger charge is -2.20. The van der Waals surface area contributed by atoms with Crippen LogP contribution in [0.3, 0.4) is 0 Å². The fourth-order valence-corrected chi connectivity index (χ4v) is 2.21. The lowest BCUT2D eigenvalue weighted by Crippen LogP contribution is -2.15. The average Bonchev–Trinajstić information content (AvgIpc) is 2.51. The monoisotopic (exact) mass is 311 g/mol. The van der Waals surface area contributed by atoms with Crippen LogP contribution in [0.4, 0.5) is 5.82 Å². The molecule has 0 aliphatic heterocycles. The molecule has 0 saturated heterocycles. The first-order valence-electron chi connectivity index (χ1n) is 7.42. The maximum Gasteiger partial charge on any atom is 0.142 e. The van der Waals surface area contributed by atoms with Crippen LogP contribution in [0.15, 0.2) is 30.3 Å². The van der Waals surface area contributed by atoms with Gasteiger partial charge in [-0.05, 0) is 23.8 Å². The Morgan fingerprint density at radius 3 is 2.65 bits per heavy atom. The molecule has 0 aliphatic carbocycles. The highest BCUT2D eigenvalue weighted by molar-refractivity contribution is 5.76. The Morgan fingerprint density at radius 1 is 1.30 bits per heavy atom. The quantitative estimate of drug-likeness (QED) is 0.905. The first-order valence-corrected chi connectivity index (χ1v) is 7.42. The van der Waals surface area contributed by atoms with Gasteiger partial charge in [0.2, 0.25) is 0 Å². The summed E-state index contributed by atoms with van der Waals surface area (Å²) in [7, 11) is 0. The normalized spacial score (nSPS) is 11.1. The first kappa shape index (κ1) is 16.8. The fourth-order valence-electron chi connectivity index (χ4n) is 2.21. The smallest absolute Gasteiger partial charge is 0.142 e. The number of benzene rings is 1. The maximum absolute atomic E-state index is 9.43. The van der Waals surface area contributed by atoms with E-state index in [-0.39, 0.29) is 24.4 Å². The molecule has 0 saturated carbocycles. The number of aliphatic hydroxyl groups is 1. The molecule has 5 nitrogen and oxygen atoms in total. The summed E-state index contributed by atoms with van der Waals surface area (Å²) >= 11 is 0. The number of rotatable bonds is 4. The van der Waals surface area contributed by atoms with Gasteiger partial charge in [-0.15, -0.1) is 0 Å².